The molecular weight excluding hydrogens is 235 g/mol. The predicted octanol–water partition coefficient (Wildman–Crippen LogP) is 3.54. The van der Waals surface area contributed by atoms with Gasteiger partial charge in [-0.3, -0.25) is 0 Å². The van der Waals surface area contributed by atoms with E-state index in [0.717, 1.165) is 11.3 Å². The van der Waals surface area contributed by atoms with E-state index in [4.69, 9.17) is 11.6 Å². The molecule has 0 radical (unpaired) electrons. The first-order valence-corrected chi connectivity index (χ1v) is 6.28. The average molecular weight is 247 g/mol. The summed E-state index contributed by atoms with van der Waals surface area (Å²) in [6.07, 6.45) is 0.0514. The van der Waals surface area contributed by atoms with Crippen LogP contribution in [0.4, 0.5) is 4.39 Å². The summed E-state index contributed by atoms with van der Waals surface area (Å²) < 4.78 is 13.2. The molecule has 82 valence electrons. The van der Waals surface area contributed by atoms with Crippen LogP contribution in [0, 0.1) is 5.82 Å². The normalized spacial score (nSPS) is 25.9. The summed E-state index contributed by atoms with van der Waals surface area (Å²) in [4.78, 5) is 0. The molecule has 1 nitrogen and oxygen atoms in total. The lowest BCUT2D eigenvalue weighted by atomic mass is 10.00. The third-order valence-corrected chi connectivity index (χ3v) is 4.18. The van der Waals surface area contributed by atoms with Gasteiger partial charge < -0.3 is 5.11 Å². The number of thioether (sulfide) groups is 1. The first-order valence-electron chi connectivity index (χ1n) is 4.85. The monoisotopic (exact) mass is 246 g/mol. The van der Waals surface area contributed by atoms with Crippen LogP contribution in [0.25, 0.3) is 0 Å². The predicted molar refractivity (Wildman–Crippen MR) is 61.7 cm³/mol. The highest BCUT2D eigenvalue weighted by atomic mass is 35.5. The Morgan fingerprint density at radius 1 is 1.53 bits per heavy atom. The molecule has 1 aliphatic rings. The van der Waals surface area contributed by atoms with Gasteiger partial charge in [0.05, 0.1) is 6.10 Å². The standard InChI is InChI=1S/C11H12ClFOS/c1-6-2-11(14)8-3-7(13)4-10(12)9(8)5-15-6/h3-4,6,11,14H,2,5H2,1H3/t6?,11-/m1/s1. The summed E-state index contributed by atoms with van der Waals surface area (Å²) in [7, 11) is 0. The largest absolute Gasteiger partial charge is 0.388 e. The number of fused-ring (bicyclic) bond motifs is 1. The number of rotatable bonds is 0. The first-order chi connectivity index (χ1) is 7.08. The second kappa shape index (κ2) is 4.32. The Bertz CT molecular complexity index is 383. The molecular formula is C11H12ClFOS. The Labute approximate surface area is 97.6 Å². The van der Waals surface area contributed by atoms with Crippen molar-refractivity contribution in [2.45, 2.75) is 30.5 Å². The molecule has 0 aliphatic carbocycles. The van der Waals surface area contributed by atoms with Gasteiger partial charge in [0, 0.05) is 16.0 Å². The molecule has 15 heavy (non-hydrogen) atoms. The van der Waals surface area contributed by atoms with Crippen molar-refractivity contribution in [3.8, 4) is 0 Å². The van der Waals surface area contributed by atoms with Crippen LogP contribution in [0.15, 0.2) is 12.1 Å². The summed E-state index contributed by atoms with van der Waals surface area (Å²) in [5.41, 5.74) is 1.52. The fourth-order valence-corrected chi connectivity index (χ4v) is 3.26. The zero-order chi connectivity index (χ0) is 11.0. The van der Waals surface area contributed by atoms with Crippen LogP contribution in [0.1, 0.15) is 30.6 Å². The topological polar surface area (TPSA) is 20.2 Å². The maximum atomic E-state index is 13.2. The summed E-state index contributed by atoms with van der Waals surface area (Å²) in [5.74, 6) is 0.365. The van der Waals surface area contributed by atoms with Crippen LogP contribution in [0.5, 0.6) is 0 Å². The van der Waals surface area contributed by atoms with Crippen molar-refractivity contribution in [2.75, 3.05) is 0 Å². The molecule has 0 saturated carbocycles. The Hall–Kier alpha value is -0.250. The smallest absolute Gasteiger partial charge is 0.125 e. The van der Waals surface area contributed by atoms with E-state index in [9.17, 15) is 9.50 Å². The third-order valence-electron chi connectivity index (χ3n) is 2.62. The highest BCUT2D eigenvalue weighted by Crippen LogP contribution is 2.38. The lowest BCUT2D eigenvalue weighted by Gasteiger charge is -2.13. The van der Waals surface area contributed by atoms with Gasteiger partial charge in [0.25, 0.3) is 0 Å². The minimum Gasteiger partial charge on any atom is -0.388 e. The van der Waals surface area contributed by atoms with Crippen molar-refractivity contribution in [3.63, 3.8) is 0 Å². The molecule has 0 saturated heterocycles. The number of hydrogen-bond acceptors (Lipinski definition) is 2. The van der Waals surface area contributed by atoms with E-state index in [1.54, 1.807) is 11.8 Å². The maximum absolute atomic E-state index is 13.2. The fourth-order valence-electron chi connectivity index (χ4n) is 1.81. The second-order valence-electron chi connectivity index (χ2n) is 3.83. The minimum atomic E-state index is -0.599. The van der Waals surface area contributed by atoms with Crippen molar-refractivity contribution >= 4 is 23.4 Å². The first kappa shape index (κ1) is 11.2. The zero-order valence-corrected chi connectivity index (χ0v) is 9.91. The van der Waals surface area contributed by atoms with Crippen LogP contribution >= 0.6 is 23.4 Å². The van der Waals surface area contributed by atoms with Crippen LogP contribution in [0.3, 0.4) is 0 Å². The molecule has 0 spiro atoms. The van der Waals surface area contributed by atoms with Crippen molar-refractivity contribution in [1.82, 2.24) is 0 Å². The minimum absolute atomic E-state index is 0.367. The molecule has 1 N–H and O–H groups in total. The van der Waals surface area contributed by atoms with Gasteiger partial charge in [-0.1, -0.05) is 18.5 Å². The summed E-state index contributed by atoms with van der Waals surface area (Å²) >= 11 is 7.71. The van der Waals surface area contributed by atoms with E-state index >= 15 is 0 Å². The SMILES string of the molecule is CC1C[C@@H](O)c2cc(F)cc(Cl)c2CS1. The van der Waals surface area contributed by atoms with E-state index in [1.165, 1.54) is 12.1 Å². The summed E-state index contributed by atoms with van der Waals surface area (Å²) in [5, 5.41) is 10.7. The highest BCUT2D eigenvalue weighted by molar-refractivity contribution is 7.99. The molecule has 0 bridgehead atoms. The third kappa shape index (κ3) is 2.30. The lowest BCUT2D eigenvalue weighted by molar-refractivity contribution is 0.168. The van der Waals surface area contributed by atoms with Crippen molar-refractivity contribution in [1.29, 1.82) is 0 Å². The fraction of sp³-hybridized carbons (Fsp3) is 0.455. The lowest BCUT2D eigenvalue weighted by Crippen LogP contribution is -2.04. The number of benzene rings is 1. The molecule has 0 fully saturated rings. The van der Waals surface area contributed by atoms with E-state index < -0.39 is 6.10 Å². The second-order valence-corrected chi connectivity index (χ2v) is 5.66. The number of aliphatic hydroxyl groups excluding tert-OH is 1. The Balaban J connectivity index is 2.48. The van der Waals surface area contributed by atoms with Crippen LogP contribution in [-0.4, -0.2) is 10.4 Å². The van der Waals surface area contributed by atoms with E-state index in [2.05, 4.69) is 6.92 Å². The molecule has 1 heterocycles. The van der Waals surface area contributed by atoms with Gasteiger partial charge in [-0.15, -0.1) is 0 Å². The van der Waals surface area contributed by atoms with E-state index in [0.29, 0.717) is 22.3 Å². The van der Waals surface area contributed by atoms with E-state index in [-0.39, 0.29) is 5.82 Å². The van der Waals surface area contributed by atoms with Gasteiger partial charge in [-0.25, -0.2) is 4.39 Å². The molecule has 4 heteroatoms. The highest BCUT2D eigenvalue weighted by Gasteiger charge is 2.23. The summed E-state index contributed by atoms with van der Waals surface area (Å²) in [6.45, 7) is 2.06. The molecule has 0 aromatic heterocycles. The molecule has 1 unspecified atom stereocenters. The van der Waals surface area contributed by atoms with E-state index in [1.807, 2.05) is 0 Å². The maximum Gasteiger partial charge on any atom is 0.125 e. The van der Waals surface area contributed by atoms with Gasteiger partial charge in [-0.2, -0.15) is 11.8 Å². The Morgan fingerprint density at radius 2 is 2.27 bits per heavy atom. The van der Waals surface area contributed by atoms with Gasteiger partial charge >= 0.3 is 0 Å². The van der Waals surface area contributed by atoms with Gasteiger partial charge in [-0.05, 0) is 29.7 Å². The number of halogens is 2. The van der Waals surface area contributed by atoms with Gasteiger partial charge in [0.15, 0.2) is 0 Å². The van der Waals surface area contributed by atoms with Crippen molar-refractivity contribution in [3.05, 3.63) is 34.1 Å². The molecule has 0 amide bonds. The molecule has 1 aliphatic heterocycles. The van der Waals surface area contributed by atoms with Gasteiger partial charge in [0.1, 0.15) is 5.82 Å². The molecule has 2 rings (SSSR count). The average Bonchev–Trinajstić information content (AvgIpc) is 2.27. The number of hydrogen-bond donors (Lipinski definition) is 1. The summed E-state index contributed by atoms with van der Waals surface area (Å²) in [6, 6.07) is 2.70. The molecule has 1 aromatic carbocycles. The molecule has 2 atom stereocenters. The Kier molecular flexibility index (Phi) is 3.24. The number of aliphatic hydroxyl groups is 1. The van der Waals surface area contributed by atoms with Crippen molar-refractivity contribution in [2.24, 2.45) is 0 Å². The van der Waals surface area contributed by atoms with Crippen LogP contribution < -0.4 is 0 Å². The molecule has 1 aromatic rings. The van der Waals surface area contributed by atoms with Gasteiger partial charge in [0.2, 0.25) is 0 Å². The van der Waals surface area contributed by atoms with Crippen LogP contribution in [-0.2, 0) is 5.75 Å². The Morgan fingerprint density at radius 3 is 3.00 bits per heavy atom. The zero-order valence-electron chi connectivity index (χ0n) is 8.34. The quantitative estimate of drug-likeness (QED) is 0.756. The van der Waals surface area contributed by atoms with Crippen molar-refractivity contribution < 1.29 is 9.50 Å². The van der Waals surface area contributed by atoms with Crippen LogP contribution in [0.2, 0.25) is 5.02 Å².